The van der Waals surface area contributed by atoms with Crippen LogP contribution in [0, 0.1) is 0 Å². The summed E-state index contributed by atoms with van der Waals surface area (Å²) in [5, 5.41) is 3.22. The molecular weight excluding hydrogens is 284 g/mol. The second kappa shape index (κ2) is 6.07. The van der Waals surface area contributed by atoms with Gasteiger partial charge in [-0.05, 0) is 43.0 Å². The summed E-state index contributed by atoms with van der Waals surface area (Å²) in [7, 11) is -1.42. The molecule has 0 amide bonds. The van der Waals surface area contributed by atoms with Crippen LogP contribution in [0.1, 0.15) is 39.2 Å². The number of hydrogen-bond acceptors (Lipinski definition) is 3. The van der Waals surface area contributed by atoms with Crippen LogP contribution >= 0.6 is 0 Å². The van der Waals surface area contributed by atoms with Gasteiger partial charge in [-0.3, -0.25) is 0 Å². The third kappa shape index (κ3) is 3.65. The molecule has 1 aromatic rings. The van der Waals surface area contributed by atoms with E-state index in [0.717, 1.165) is 18.4 Å². The Morgan fingerprint density at radius 3 is 2.05 bits per heavy atom. The summed E-state index contributed by atoms with van der Waals surface area (Å²) in [4.78, 5) is 0.401. The molecule has 1 N–H and O–H groups in total. The average Bonchev–Trinajstić information content (AvgIpc) is 2.46. The summed E-state index contributed by atoms with van der Waals surface area (Å²) >= 11 is 0. The van der Waals surface area contributed by atoms with Gasteiger partial charge in [0.1, 0.15) is 0 Å². The molecule has 1 fully saturated rings. The van der Waals surface area contributed by atoms with E-state index in [1.807, 2.05) is 19.2 Å². The highest BCUT2D eigenvalue weighted by Gasteiger charge is 2.29. The lowest BCUT2D eigenvalue weighted by Gasteiger charge is -2.31. The van der Waals surface area contributed by atoms with Crippen LogP contribution < -0.4 is 5.32 Å². The van der Waals surface area contributed by atoms with Gasteiger partial charge in [0.15, 0.2) is 0 Å². The van der Waals surface area contributed by atoms with Crippen molar-refractivity contribution >= 4 is 10.0 Å². The smallest absolute Gasteiger partial charge is 0.243 e. The van der Waals surface area contributed by atoms with E-state index in [4.69, 9.17) is 0 Å². The summed E-state index contributed by atoms with van der Waals surface area (Å²) in [6.45, 7) is 7.56. The molecular formula is C16H26N2O2S. The van der Waals surface area contributed by atoms with E-state index in [2.05, 4.69) is 26.1 Å². The SMILES string of the molecule is CNC1CCN(S(=O)(=O)c2ccc(C(C)(C)C)cc2)CC1. The lowest BCUT2D eigenvalue weighted by Crippen LogP contribution is -2.43. The first kappa shape index (κ1) is 16.5. The van der Waals surface area contributed by atoms with Crippen molar-refractivity contribution in [3.63, 3.8) is 0 Å². The molecule has 5 heteroatoms. The third-order valence-electron chi connectivity index (χ3n) is 4.22. The lowest BCUT2D eigenvalue weighted by molar-refractivity contribution is 0.298. The first-order valence-electron chi connectivity index (χ1n) is 7.53. The quantitative estimate of drug-likeness (QED) is 0.932. The highest BCUT2D eigenvalue weighted by molar-refractivity contribution is 7.89. The van der Waals surface area contributed by atoms with Crippen molar-refractivity contribution in [3.05, 3.63) is 29.8 Å². The van der Waals surface area contributed by atoms with Crippen molar-refractivity contribution < 1.29 is 8.42 Å². The molecule has 1 aliphatic rings. The van der Waals surface area contributed by atoms with Crippen molar-refractivity contribution in [1.29, 1.82) is 0 Å². The molecule has 4 nitrogen and oxygen atoms in total. The summed E-state index contributed by atoms with van der Waals surface area (Å²) in [5.74, 6) is 0. The fourth-order valence-corrected chi connectivity index (χ4v) is 4.13. The topological polar surface area (TPSA) is 49.4 Å². The predicted molar refractivity (Wildman–Crippen MR) is 86.0 cm³/mol. The van der Waals surface area contributed by atoms with Gasteiger partial charge in [0, 0.05) is 19.1 Å². The van der Waals surface area contributed by atoms with Crippen molar-refractivity contribution in [3.8, 4) is 0 Å². The second-order valence-electron chi connectivity index (χ2n) is 6.74. The molecule has 1 saturated heterocycles. The lowest BCUT2D eigenvalue weighted by atomic mass is 9.87. The summed E-state index contributed by atoms with van der Waals surface area (Å²) in [6.07, 6.45) is 1.74. The zero-order valence-corrected chi connectivity index (χ0v) is 14.2. The van der Waals surface area contributed by atoms with E-state index in [1.165, 1.54) is 0 Å². The highest BCUT2D eigenvalue weighted by Crippen LogP contribution is 2.25. The first-order chi connectivity index (χ1) is 9.75. The third-order valence-corrected chi connectivity index (χ3v) is 6.13. The Morgan fingerprint density at radius 1 is 1.10 bits per heavy atom. The molecule has 0 atom stereocenters. The fourth-order valence-electron chi connectivity index (χ4n) is 2.66. The Balaban J connectivity index is 2.17. The minimum atomic E-state index is -3.35. The maximum atomic E-state index is 12.6. The standard InChI is InChI=1S/C16H26N2O2S/c1-16(2,3)13-5-7-15(8-6-13)21(19,20)18-11-9-14(17-4)10-12-18/h5-8,14,17H,9-12H2,1-4H3. The molecule has 0 spiro atoms. The van der Waals surface area contributed by atoms with Gasteiger partial charge in [0.2, 0.25) is 10.0 Å². The van der Waals surface area contributed by atoms with Crippen LogP contribution in [0.3, 0.4) is 0 Å². The van der Waals surface area contributed by atoms with Crippen molar-refractivity contribution in [1.82, 2.24) is 9.62 Å². The van der Waals surface area contributed by atoms with Gasteiger partial charge in [-0.1, -0.05) is 32.9 Å². The van der Waals surface area contributed by atoms with Gasteiger partial charge in [-0.15, -0.1) is 0 Å². The fraction of sp³-hybridized carbons (Fsp3) is 0.625. The summed E-state index contributed by atoms with van der Waals surface area (Å²) < 4.78 is 26.9. The molecule has 2 rings (SSSR count). The number of rotatable bonds is 3. The minimum absolute atomic E-state index is 0.0352. The maximum Gasteiger partial charge on any atom is 0.243 e. The van der Waals surface area contributed by atoms with Crippen molar-refractivity contribution in [2.75, 3.05) is 20.1 Å². The van der Waals surface area contributed by atoms with Gasteiger partial charge in [-0.25, -0.2) is 8.42 Å². The van der Waals surface area contributed by atoms with E-state index in [9.17, 15) is 8.42 Å². The molecule has 0 aromatic heterocycles. The Bertz CT molecular complexity index is 565. The van der Waals surface area contributed by atoms with Crippen molar-refractivity contribution in [2.45, 2.75) is 50.0 Å². The molecule has 21 heavy (non-hydrogen) atoms. The minimum Gasteiger partial charge on any atom is -0.317 e. The summed E-state index contributed by atoms with van der Waals surface area (Å²) in [6, 6.07) is 7.75. The van der Waals surface area contributed by atoms with E-state index in [-0.39, 0.29) is 5.41 Å². The van der Waals surface area contributed by atoms with Crippen LogP contribution in [-0.2, 0) is 15.4 Å². The molecule has 118 valence electrons. The van der Waals surface area contributed by atoms with E-state index in [1.54, 1.807) is 16.4 Å². The van der Waals surface area contributed by atoms with Crippen LogP contribution in [0.25, 0.3) is 0 Å². The van der Waals surface area contributed by atoms with Gasteiger partial charge < -0.3 is 5.32 Å². The second-order valence-corrected chi connectivity index (χ2v) is 8.68. The number of nitrogens with zero attached hydrogens (tertiary/aromatic N) is 1. The molecule has 1 aromatic carbocycles. The van der Waals surface area contributed by atoms with E-state index in [0.29, 0.717) is 24.0 Å². The van der Waals surface area contributed by atoms with Gasteiger partial charge in [-0.2, -0.15) is 4.31 Å². The zero-order valence-electron chi connectivity index (χ0n) is 13.4. The van der Waals surface area contributed by atoms with E-state index >= 15 is 0 Å². The van der Waals surface area contributed by atoms with Crippen LogP contribution in [0.5, 0.6) is 0 Å². The number of nitrogens with one attached hydrogen (secondary N) is 1. The van der Waals surface area contributed by atoms with Gasteiger partial charge >= 0.3 is 0 Å². The van der Waals surface area contributed by atoms with Gasteiger partial charge in [0.25, 0.3) is 0 Å². The van der Waals surface area contributed by atoms with Crippen LogP contribution in [0.15, 0.2) is 29.2 Å². The molecule has 0 saturated carbocycles. The Labute approximate surface area is 128 Å². The number of piperidine rings is 1. The molecule has 0 radical (unpaired) electrons. The Morgan fingerprint density at radius 2 is 1.62 bits per heavy atom. The van der Waals surface area contributed by atoms with Crippen LogP contribution in [0.2, 0.25) is 0 Å². The zero-order chi connectivity index (χ0) is 15.7. The Hall–Kier alpha value is -0.910. The largest absolute Gasteiger partial charge is 0.317 e. The maximum absolute atomic E-state index is 12.6. The number of sulfonamides is 1. The predicted octanol–water partition coefficient (Wildman–Crippen LogP) is 2.36. The number of hydrogen-bond donors (Lipinski definition) is 1. The molecule has 1 heterocycles. The van der Waals surface area contributed by atoms with Crippen LogP contribution in [-0.4, -0.2) is 38.9 Å². The van der Waals surface area contributed by atoms with Gasteiger partial charge in [0.05, 0.1) is 4.90 Å². The highest BCUT2D eigenvalue weighted by atomic mass is 32.2. The number of benzene rings is 1. The van der Waals surface area contributed by atoms with Crippen LogP contribution in [0.4, 0.5) is 0 Å². The summed E-state index contributed by atoms with van der Waals surface area (Å²) in [5.41, 5.74) is 1.18. The van der Waals surface area contributed by atoms with E-state index < -0.39 is 10.0 Å². The monoisotopic (exact) mass is 310 g/mol. The molecule has 0 aliphatic carbocycles. The normalized spacial score (nSPS) is 18.9. The molecule has 1 aliphatic heterocycles. The molecule has 0 bridgehead atoms. The Kier molecular flexibility index (Phi) is 4.76. The van der Waals surface area contributed by atoms with Crippen molar-refractivity contribution in [2.24, 2.45) is 0 Å². The first-order valence-corrected chi connectivity index (χ1v) is 8.97. The average molecular weight is 310 g/mol. The molecule has 0 unspecified atom stereocenters.